The molecule has 0 atom stereocenters. The topological polar surface area (TPSA) is 55.8 Å². The highest BCUT2D eigenvalue weighted by molar-refractivity contribution is 14.1. The van der Waals surface area contributed by atoms with Gasteiger partial charge in [-0.3, -0.25) is 4.90 Å². The van der Waals surface area contributed by atoms with Crippen molar-refractivity contribution in [2.24, 2.45) is 0 Å². The van der Waals surface area contributed by atoms with Crippen molar-refractivity contribution < 1.29 is 19.1 Å². The molecule has 0 aliphatic heterocycles. The lowest BCUT2D eigenvalue weighted by molar-refractivity contribution is -0.137. The standard InChI is InChI=1S/C15H20INO4S/c1-5-20-12(18)7-6-9-17(13-11(16)8-10-22-13)14(19)21-15(2,3)4/h6-8,10H,5,9H2,1-4H3/b7-6+. The Labute approximate surface area is 148 Å². The summed E-state index contributed by atoms with van der Waals surface area (Å²) in [7, 11) is 0. The molecule has 1 amide bonds. The van der Waals surface area contributed by atoms with Crippen LogP contribution in [0, 0.1) is 3.57 Å². The van der Waals surface area contributed by atoms with Crippen molar-refractivity contribution >= 4 is 51.0 Å². The van der Waals surface area contributed by atoms with Gasteiger partial charge in [0.05, 0.1) is 6.61 Å². The van der Waals surface area contributed by atoms with E-state index in [1.54, 1.807) is 13.0 Å². The van der Waals surface area contributed by atoms with Crippen molar-refractivity contribution in [3.05, 3.63) is 27.2 Å². The Kier molecular flexibility index (Phi) is 7.34. The maximum Gasteiger partial charge on any atom is 0.415 e. The minimum absolute atomic E-state index is 0.240. The van der Waals surface area contributed by atoms with Crippen LogP contribution in [0.15, 0.2) is 23.6 Å². The van der Waals surface area contributed by atoms with E-state index in [4.69, 9.17) is 9.47 Å². The van der Waals surface area contributed by atoms with E-state index in [0.29, 0.717) is 6.61 Å². The number of esters is 1. The number of rotatable bonds is 5. The zero-order valence-corrected chi connectivity index (χ0v) is 16.1. The van der Waals surface area contributed by atoms with Gasteiger partial charge in [-0.2, -0.15) is 0 Å². The molecule has 0 bridgehead atoms. The molecule has 1 heterocycles. The van der Waals surface area contributed by atoms with Gasteiger partial charge in [0.2, 0.25) is 0 Å². The molecule has 1 aromatic heterocycles. The van der Waals surface area contributed by atoms with Crippen molar-refractivity contribution in [3.63, 3.8) is 0 Å². The van der Waals surface area contributed by atoms with Gasteiger partial charge < -0.3 is 9.47 Å². The maximum absolute atomic E-state index is 12.4. The van der Waals surface area contributed by atoms with Crippen LogP contribution in [-0.2, 0) is 14.3 Å². The minimum Gasteiger partial charge on any atom is -0.463 e. The Morgan fingerprint density at radius 2 is 2.09 bits per heavy atom. The SMILES string of the molecule is CCOC(=O)/C=C/CN(C(=O)OC(C)(C)C)c1sccc1I. The highest BCUT2D eigenvalue weighted by atomic mass is 127. The Hall–Kier alpha value is -1.09. The molecule has 1 rings (SSSR count). The van der Waals surface area contributed by atoms with Gasteiger partial charge in [0, 0.05) is 16.2 Å². The third kappa shape index (κ3) is 6.35. The Morgan fingerprint density at radius 3 is 2.59 bits per heavy atom. The molecule has 0 saturated heterocycles. The molecule has 22 heavy (non-hydrogen) atoms. The lowest BCUT2D eigenvalue weighted by Crippen LogP contribution is -2.37. The lowest BCUT2D eigenvalue weighted by Gasteiger charge is -2.26. The van der Waals surface area contributed by atoms with Crippen LogP contribution in [0.5, 0.6) is 0 Å². The summed E-state index contributed by atoms with van der Waals surface area (Å²) in [6, 6.07) is 1.92. The smallest absolute Gasteiger partial charge is 0.415 e. The average Bonchev–Trinajstić information content (AvgIpc) is 2.79. The quantitative estimate of drug-likeness (QED) is 0.394. The predicted octanol–water partition coefficient (Wildman–Crippen LogP) is 4.21. The van der Waals surface area contributed by atoms with Gasteiger partial charge in [-0.1, -0.05) is 6.08 Å². The number of thiophene rings is 1. The molecule has 1 aromatic rings. The van der Waals surface area contributed by atoms with E-state index < -0.39 is 17.7 Å². The van der Waals surface area contributed by atoms with Gasteiger partial charge in [0.1, 0.15) is 10.6 Å². The minimum atomic E-state index is -0.580. The first kappa shape index (κ1) is 19.0. The maximum atomic E-state index is 12.4. The summed E-state index contributed by atoms with van der Waals surface area (Å²) in [6.45, 7) is 7.75. The number of carbonyl (C=O) groups is 2. The van der Waals surface area contributed by atoms with Gasteiger partial charge in [-0.15, -0.1) is 11.3 Å². The van der Waals surface area contributed by atoms with Crippen LogP contribution in [0.3, 0.4) is 0 Å². The molecule has 0 unspecified atom stereocenters. The van der Waals surface area contributed by atoms with Gasteiger partial charge in [0.15, 0.2) is 0 Å². The molecule has 122 valence electrons. The summed E-state index contributed by atoms with van der Waals surface area (Å²) in [5, 5.41) is 2.70. The van der Waals surface area contributed by atoms with Crippen LogP contribution in [0.4, 0.5) is 9.80 Å². The van der Waals surface area contributed by atoms with E-state index >= 15 is 0 Å². The van der Waals surface area contributed by atoms with Crippen LogP contribution in [0.2, 0.25) is 0 Å². The van der Waals surface area contributed by atoms with Crippen molar-refractivity contribution in [2.45, 2.75) is 33.3 Å². The summed E-state index contributed by atoms with van der Waals surface area (Å²) in [6.07, 6.45) is 2.47. The Balaban J connectivity index is 2.86. The van der Waals surface area contributed by atoms with Crippen molar-refractivity contribution in [1.82, 2.24) is 0 Å². The van der Waals surface area contributed by atoms with Crippen LogP contribution >= 0.6 is 33.9 Å². The lowest BCUT2D eigenvalue weighted by atomic mass is 10.2. The van der Waals surface area contributed by atoms with Gasteiger partial charge in [-0.05, 0) is 61.7 Å². The first-order valence-corrected chi connectivity index (χ1v) is 8.77. The molecular formula is C15H20INO4S. The molecule has 0 aliphatic carbocycles. The molecule has 7 heteroatoms. The largest absolute Gasteiger partial charge is 0.463 e. The fourth-order valence-electron chi connectivity index (χ4n) is 1.48. The van der Waals surface area contributed by atoms with E-state index in [2.05, 4.69) is 22.6 Å². The molecular weight excluding hydrogens is 417 g/mol. The Bertz CT molecular complexity index is 548. The molecule has 0 radical (unpaired) electrons. The summed E-state index contributed by atoms with van der Waals surface area (Å²) >= 11 is 3.61. The highest BCUT2D eigenvalue weighted by Crippen LogP contribution is 2.30. The molecule has 0 N–H and O–H groups in total. The number of hydrogen-bond donors (Lipinski definition) is 0. The number of ether oxygens (including phenoxy) is 2. The second kappa shape index (κ2) is 8.52. The molecule has 0 fully saturated rings. The van der Waals surface area contributed by atoms with Gasteiger partial charge >= 0.3 is 12.1 Å². The number of nitrogens with zero attached hydrogens (tertiary/aromatic N) is 1. The molecule has 5 nitrogen and oxygen atoms in total. The zero-order valence-electron chi connectivity index (χ0n) is 13.1. The van der Waals surface area contributed by atoms with Crippen molar-refractivity contribution in [1.29, 1.82) is 0 Å². The second-order valence-corrected chi connectivity index (χ2v) is 7.38. The first-order chi connectivity index (χ1) is 10.2. The van der Waals surface area contributed by atoms with Crippen molar-refractivity contribution in [2.75, 3.05) is 18.1 Å². The number of anilines is 1. The summed E-state index contributed by atoms with van der Waals surface area (Å²) in [5.74, 6) is -0.424. The third-order valence-electron chi connectivity index (χ3n) is 2.29. The third-order valence-corrected chi connectivity index (χ3v) is 4.46. The monoisotopic (exact) mass is 437 g/mol. The second-order valence-electron chi connectivity index (χ2n) is 5.32. The highest BCUT2D eigenvalue weighted by Gasteiger charge is 2.24. The fraction of sp³-hybridized carbons (Fsp3) is 0.467. The van der Waals surface area contributed by atoms with Crippen molar-refractivity contribution in [3.8, 4) is 0 Å². The zero-order chi connectivity index (χ0) is 16.8. The molecule has 0 saturated carbocycles. The molecule has 0 aliphatic rings. The van der Waals surface area contributed by atoms with E-state index in [-0.39, 0.29) is 6.54 Å². The van der Waals surface area contributed by atoms with Crippen LogP contribution in [-0.4, -0.2) is 30.8 Å². The number of carbonyl (C=O) groups excluding carboxylic acids is 2. The summed E-state index contributed by atoms with van der Waals surface area (Å²) < 4.78 is 11.2. The van der Waals surface area contributed by atoms with E-state index in [9.17, 15) is 9.59 Å². The fourth-order valence-corrected chi connectivity index (χ4v) is 3.37. The normalized spacial score (nSPS) is 11.5. The Morgan fingerprint density at radius 1 is 1.41 bits per heavy atom. The van der Waals surface area contributed by atoms with E-state index in [1.165, 1.54) is 22.3 Å². The van der Waals surface area contributed by atoms with Crippen LogP contribution in [0.1, 0.15) is 27.7 Å². The van der Waals surface area contributed by atoms with Crippen LogP contribution < -0.4 is 4.90 Å². The van der Waals surface area contributed by atoms with Gasteiger partial charge in [-0.25, -0.2) is 9.59 Å². The number of hydrogen-bond acceptors (Lipinski definition) is 5. The average molecular weight is 437 g/mol. The van der Waals surface area contributed by atoms with Crippen LogP contribution in [0.25, 0.3) is 0 Å². The van der Waals surface area contributed by atoms with E-state index in [0.717, 1.165) is 8.57 Å². The number of amides is 1. The van der Waals surface area contributed by atoms with Gasteiger partial charge in [0.25, 0.3) is 0 Å². The molecule has 0 spiro atoms. The predicted molar refractivity (Wildman–Crippen MR) is 96.4 cm³/mol. The first-order valence-electron chi connectivity index (χ1n) is 6.81. The van der Waals surface area contributed by atoms with E-state index in [1.807, 2.05) is 32.2 Å². The summed E-state index contributed by atoms with van der Waals surface area (Å²) in [5.41, 5.74) is -0.580. The number of halogens is 1. The molecule has 0 aromatic carbocycles. The summed E-state index contributed by atoms with van der Waals surface area (Å²) in [4.78, 5) is 25.2.